The number of rotatable bonds is 4. The topological polar surface area (TPSA) is 114 Å². The van der Waals surface area contributed by atoms with Gasteiger partial charge in [0.25, 0.3) is 0 Å². The molecule has 2 aromatic rings. The largest absolute Gasteiger partial charge is 0.508 e. The minimum absolute atomic E-state index is 0.0527. The molecule has 0 radical (unpaired) electrons. The van der Waals surface area contributed by atoms with E-state index in [4.69, 9.17) is 17.3 Å². The Morgan fingerprint density at radius 2 is 1.96 bits per heavy atom. The summed E-state index contributed by atoms with van der Waals surface area (Å²) in [6.45, 7) is 0. The lowest BCUT2D eigenvalue weighted by Gasteiger charge is -2.07. The van der Waals surface area contributed by atoms with Crippen molar-refractivity contribution in [1.82, 2.24) is 5.43 Å². The molecule has 0 bridgehead atoms. The first-order chi connectivity index (χ1) is 11.0. The molecule has 0 aliphatic heterocycles. The van der Waals surface area contributed by atoms with E-state index < -0.39 is 5.97 Å². The molecule has 0 saturated heterocycles. The van der Waals surface area contributed by atoms with Crippen LogP contribution in [-0.2, 0) is 0 Å². The highest BCUT2D eigenvalue weighted by atomic mass is 32.1. The fourth-order valence-corrected chi connectivity index (χ4v) is 1.86. The third-order valence-electron chi connectivity index (χ3n) is 2.75. The van der Waals surface area contributed by atoms with Gasteiger partial charge in [0.2, 0.25) is 0 Å². The van der Waals surface area contributed by atoms with Crippen LogP contribution in [0, 0.1) is 0 Å². The fraction of sp³-hybridized carbons (Fsp3) is 0. The van der Waals surface area contributed by atoms with E-state index in [9.17, 15) is 15.0 Å². The monoisotopic (exact) mass is 331 g/mol. The molecule has 0 saturated carbocycles. The van der Waals surface area contributed by atoms with Gasteiger partial charge >= 0.3 is 5.97 Å². The second-order valence-corrected chi connectivity index (χ2v) is 4.86. The molecular formula is C15H13N3O4S. The fourth-order valence-electron chi connectivity index (χ4n) is 1.69. The molecule has 8 heteroatoms. The van der Waals surface area contributed by atoms with Crippen molar-refractivity contribution in [3.63, 3.8) is 0 Å². The molecule has 0 aliphatic rings. The van der Waals surface area contributed by atoms with Crippen LogP contribution in [0.3, 0.4) is 0 Å². The van der Waals surface area contributed by atoms with E-state index in [-0.39, 0.29) is 22.2 Å². The molecule has 7 nitrogen and oxygen atoms in total. The third-order valence-corrected chi connectivity index (χ3v) is 2.94. The number of aromatic hydroxyl groups is 2. The summed E-state index contributed by atoms with van der Waals surface area (Å²) >= 11 is 5.03. The van der Waals surface area contributed by atoms with Crippen molar-refractivity contribution in [2.45, 2.75) is 0 Å². The van der Waals surface area contributed by atoms with Crippen LogP contribution in [0.4, 0.5) is 5.69 Å². The number of benzene rings is 2. The Morgan fingerprint density at radius 1 is 1.17 bits per heavy atom. The molecule has 0 atom stereocenters. The summed E-state index contributed by atoms with van der Waals surface area (Å²) in [7, 11) is 0. The zero-order chi connectivity index (χ0) is 16.8. The van der Waals surface area contributed by atoms with Crippen LogP contribution in [0.5, 0.6) is 11.5 Å². The van der Waals surface area contributed by atoms with E-state index in [1.807, 2.05) is 0 Å². The summed E-state index contributed by atoms with van der Waals surface area (Å²) in [5.74, 6) is -1.21. The number of carbonyl (C=O) groups is 1. The predicted octanol–water partition coefficient (Wildman–Crippen LogP) is 2.12. The van der Waals surface area contributed by atoms with Crippen LogP contribution < -0.4 is 10.7 Å². The number of nitrogens with one attached hydrogen (secondary N) is 2. The number of phenols is 2. The Hall–Kier alpha value is -3.13. The molecule has 0 aliphatic carbocycles. The minimum atomic E-state index is -1.03. The number of hydrogen-bond acceptors (Lipinski definition) is 5. The highest BCUT2D eigenvalue weighted by molar-refractivity contribution is 7.80. The number of carboxylic acid groups (broad SMARTS) is 1. The van der Waals surface area contributed by atoms with E-state index in [1.54, 1.807) is 12.1 Å². The first-order valence-corrected chi connectivity index (χ1v) is 6.82. The molecule has 118 valence electrons. The number of hydrazone groups is 1. The van der Waals surface area contributed by atoms with Crippen molar-refractivity contribution >= 4 is 35.2 Å². The van der Waals surface area contributed by atoms with Crippen LogP contribution in [0.15, 0.2) is 47.6 Å². The molecular weight excluding hydrogens is 318 g/mol. The number of nitrogens with zero attached hydrogens (tertiary/aromatic N) is 1. The number of aromatic carboxylic acids is 1. The summed E-state index contributed by atoms with van der Waals surface area (Å²) in [5.41, 5.74) is 3.57. The molecule has 2 rings (SSSR count). The first-order valence-electron chi connectivity index (χ1n) is 6.41. The molecule has 23 heavy (non-hydrogen) atoms. The standard InChI is InChI=1S/C15H13N3O4S/c19-12-5-4-10(13(20)7-12)8-16-18-15(23)17-11-3-1-2-9(6-11)14(21)22/h1-8,19-20H,(H,21,22)(H2,17,18,23)/b16-8+. The van der Waals surface area contributed by atoms with Crippen LogP contribution >= 0.6 is 12.2 Å². The maximum Gasteiger partial charge on any atom is 0.335 e. The molecule has 0 aromatic heterocycles. The van der Waals surface area contributed by atoms with Crippen molar-refractivity contribution in [3.05, 3.63) is 53.6 Å². The van der Waals surface area contributed by atoms with Gasteiger partial charge in [-0.2, -0.15) is 5.10 Å². The second kappa shape index (κ2) is 7.23. The summed E-state index contributed by atoms with van der Waals surface area (Å²) in [6, 6.07) is 10.2. The smallest absolute Gasteiger partial charge is 0.335 e. The number of anilines is 1. The predicted molar refractivity (Wildman–Crippen MR) is 90.1 cm³/mol. The van der Waals surface area contributed by atoms with Crippen molar-refractivity contribution in [3.8, 4) is 11.5 Å². The van der Waals surface area contributed by atoms with Gasteiger partial charge in [0.15, 0.2) is 5.11 Å². The first kappa shape index (κ1) is 16.2. The average molecular weight is 331 g/mol. The van der Waals surface area contributed by atoms with Crippen molar-refractivity contribution in [2.24, 2.45) is 5.10 Å². The van der Waals surface area contributed by atoms with Gasteiger partial charge in [0.1, 0.15) is 11.5 Å². The van der Waals surface area contributed by atoms with Gasteiger partial charge in [-0.25, -0.2) is 4.79 Å². The maximum absolute atomic E-state index is 10.9. The Morgan fingerprint density at radius 3 is 2.65 bits per heavy atom. The molecule has 2 aromatic carbocycles. The molecule has 5 N–H and O–H groups in total. The van der Waals surface area contributed by atoms with Gasteiger partial charge in [0.05, 0.1) is 11.8 Å². The van der Waals surface area contributed by atoms with Gasteiger partial charge in [-0.1, -0.05) is 6.07 Å². The Bertz CT molecular complexity index is 777. The summed E-state index contributed by atoms with van der Waals surface area (Å²) in [6.07, 6.45) is 1.33. The lowest BCUT2D eigenvalue weighted by Crippen LogP contribution is -2.24. The molecule has 0 fully saturated rings. The molecule has 0 heterocycles. The average Bonchev–Trinajstić information content (AvgIpc) is 2.49. The molecule has 0 unspecified atom stereocenters. The maximum atomic E-state index is 10.9. The van der Waals surface area contributed by atoms with Crippen LogP contribution in [0.2, 0.25) is 0 Å². The third kappa shape index (κ3) is 4.68. The van der Waals surface area contributed by atoms with Crippen molar-refractivity contribution in [1.29, 1.82) is 0 Å². The zero-order valence-electron chi connectivity index (χ0n) is 11.7. The van der Waals surface area contributed by atoms with E-state index in [0.29, 0.717) is 11.3 Å². The van der Waals surface area contributed by atoms with Crippen molar-refractivity contribution < 1.29 is 20.1 Å². The van der Waals surface area contributed by atoms with Gasteiger partial charge in [-0.05, 0) is 42.5 Å². The van der Waals surface area contributed by atoms with Crippen LogP contribution in [0.25, 0.3) is 0 Å². The van der Waals surface area contributed by atoms with E-state index in [0.717, 1.165) is 0 Å². The highest BCUT2D eigenvalue weighted by Gasteiger charge is 2.04. The molecule has 0 spiro atoms. The SMILES string of the molecule is O=C(O)c1cccc(NC(=S)N/N=C/c2ccc(O)cc2O)c1. The Labute approximate surface area is 136 Å². The van der Waals surface area contributed by atoms with Crippen LogP contribution in [-0.4, -0.2) is 32.6 Å². The summed E-state index contributed by atoms with van der Waals surface area (Å²) in [4.78, 5) is 10.9. The van der Waals surface area contributed by atoms with Crippen LogP contribution in [0.1, 0.15) is 15.9 Å². The minimum Gasteiger partial charge on any atom is -0.508 e. The number of carboxylic acids is 1. The number of phenolic OH excluding ortho intramolecular Hbond substituents is 2. The van der Waals surface area contributed by atoms with Gasteiger partial charge < -0.3 is 20.6 Å². The quantitative estimate of drug-likeness (QED) is 0.331. The van der Waals surface area contributed by atoms with Crippen molar-refractivity contribution in [2.75, 3.05) is 5.32 Å². The highest BCUT2D eigenvalue weighted by Crippen LogP contribution is 2.20. The zero-order valence-corrected chi connectivity index (χ0v) is 12.5. The normalized spacial score (nSPS) is 10.4. The molecule has 0 amide bonds. The summed E-state index contributed by atoms with van der Waals surface area (Å²) in [5, 5.41) is 34.5. The van der Waals surface area contributed by atoms with Gasteiger partial charge in [-0.3, -0.25) is 5.43 Å². The lowest BCUT2D eigenvalue weighted by atomic mass is 10.2. The van der Waals surface area contributed by atoms with E-state index in [1.165, 1.54) is 36.5 Å². The number of thiocarbonyl (C=S) groups is 1. The number of hydrogen-bond donors (Lipinski definition) is 5. The summed E-state index contributed by atoms with van der Waals surface area (Å²) < 4.78 is 0. The van der Waals surface area contributed by atoms with E-state index >= 15 is 0 Å². The van der Waals surface area contributed by atoms with Gasteiger partial charge in [0, 0.05) is 17.3 Å². The lowest BCUT2D eigenvalue weighted by molar-refractivity contribution is 0.0697. The van der Waals surface area contributed by atoms with Gasteiger partial charge in [-0.15, -0.1) is 0 Å². The second-order valence-electron chi connectivity index (χ2n) is 4.45. The van der Waals surface area contributed by atoms with E-state index in [2.05, 4.69) is 15.8 Å². The Kier molecular flexibility index (Phi) is 5.11. The Balaban J connectivity index is 1.96.